The van der Waals surface area contributed by atoms with Gasteiger partial charge in [0.15, 0.2) is 0 Å². The molecule has 1 heterocycles. The van der Waals surface area contributed by atoms with Crippen LogP contribution in [0.4, 0.5) is 0 Å². The van der Waals surface area contributed by atoms with Crippen molar-refractivity contribution in [3.8, 4) is 5.40 Å². The molecule has 0 aliphatic carbocycles. The number of hydrogen-bond donors (Lipinski definition) is 0. The summed E-state index contributed by atoms with van der Waals surface area (Å²) in [7, 11) is 0. The van der Waals surface area contributed by atoms with Crippen LogP contribution in [-0.4, -0.2) is 29.1 Å². The van der Waals surface area contributed by atoms with E-state index in [4.69, 9.17) is 5.26 Å². The van der Waals surface area contributed by atoms with Crippen LogP contribution in [0.2, 0.25) is 0 Å². The topological polar surface area (TPSA) is 44.1 Å². The van der Waals surface area contributed by atoms with Gasteiger partial charge in [-0.05, 0) is 37.9 Å². The average Bonchev–Trinajstić information content (AvgIpc) is 2.15. The molecular weight excluding hydrogens is 184 g/mol. The predicted octanol–water partition coefficient (Wildman–Crippen LogP) is 1.60. The number of carbonyl (C=O) groups excluding carboxylic acids is 1. The molecule has 0 saturated carbocycles. The van der Waals surface area contributed by atoms with Crippen LogP contribution >= 0.6 is 11.8 Å². The molecule has 0 N–H and O–H groups in total. The number of carbonyl (C=O) groups is 1. The summed E-state index contributed by atoms with van der Waals surface area (Å²) >= 11 is 1.03. The normalized spacial score (nSPS) is 22.5. The van der Waals surface area contributed by atoms with Gasteiger partial charge in [0, 0.05) is 12.6 Å². The SMILES string of the molecule is C[C@H]1CCCCN1C(=O)CSC#N. The first kappa shape index (κ1) is 10.4. The monoisotopic (exact) mass is 198 g/mol. The first-order valence-electron chi connectivity index (χ1n) is 4.56. The van der Waals surface area contributed by atoms with Gasteiger partial charge in [0.25, 0.3) is 0 Å². The van der Waals surface area contributed by atoms with Crippen LogP contribution in [0, 0.1) is 10.7 Å². The van der Waals surface area contributed by atoms with Gasteiger partial charge in [-0.2, -0.15) is 5.26 Å². The maximum absolute atomic E-state index is 11.5. The second kappa shape index (κ2) is 5.13. The molecule has 1 fully saturated rings. The van der Waals surface area contributed by atoms with E-state index in [1.807, 2.05) is 10.3 Å². The third-order valence-corrected chi connectivity index (χ3v) is 2.90. The van der Waals surface area contributed by atoms with E-state index in [0.29, 0.717) is 11.8 Å². The van der Waals surface area contributed by atoms with Gasteiger partial charge in [-0.25, -0.2) is 0 Å². The van der Waals surface area contributed by atoms with Crippen molar-refractivity contribution in [2.75, 3.05) is 12.3 Å². The van der Waals surface area contributed by atoms with Crippen molar-refractivity contribution < 1.29 is 4.79 Å². The van der Waals surface area contributed by atoms with E-state index in [0.717, 1.165) is 31.1 Å². The highest BCUT2D eigenvalue weighted by Crippen LogP contribution is 2.17. The highest BCUT2D eigenvalue weighted by Gasteiger charge is 2.22. The third-order valence-electron chi connectivity index (χ3n) is 2.38. The predicted molar refractivity (Wildman–Crippen MR) is 53.1 cm³/mol. The average molecular weight is 198 g/mol. The molecule has 0 spiro atoms. The lowest BCUT2D eigenvalue weighted by atomic mass is 10.0. The number of thiocyanates is 1. The molecule has 0 unspecified atom stereocenters. The van der Waals surface area contributed by atoms with Crippen molar-refractivity contribution in [3.05, 3.63) is 0 Å². The second-order valence-corrected chi connectivity index (χ2v) is 4.07. The summed E-state index contributed by atoms with van der Waals surface area (Å²) in [5, 5.41) is 10.2. The number of nitrogens with zero attached hydrogens (tertiary/aromatic N) is 2. The Hall–Kier alpha value is -0.690. The van der Waals surface area contributed by atoms with Gasteiger partial charge < -0.3 is 4.90 Å². The van der Waals surface area contributed by atoms with E-state index < -0.39 is 0 Å². The summed E-state index contributed by atoms with van der Waals surface area (Å²) in [4.78, 5) is 13.4. The standard InChI is InChI=1S/C9H14N2OS/c1-8-4-2-3-5-11(8)9(12)6-13-7-10/h8H,2-6H2,1H3/t8-/m0/s1. The molecule has 0 aromatic carbocycles. The van der Waals surface area contributed by atoms with Crippen molar-refractivity contribution in [2.24, 2.45) is 0 Å². The summed E-state index contributed by atoms with van der Waals surface area (Å²) in [6, 6.07) is 0.362. The zero-order valence-electron chi connectivity index (χ0n) is 7.82. The number of hydrogen-bond acceptors (Lipinski definition) is 3. The summed E-state index contributed by atoms with van der Waals surface area (Å²) in [5.74, 6) is 0.416. The zero-order chi connectivity index (χ0) is 9.68. The molecule has 4 heteroatoms. The van der Waals surface area contributed by atoms with Gasteiger partial charge >= 0.3 is 0 Å². The molecule has 0 aromatic rings. The number of amides is 1. The smallest absolute Gasteiger partial charge is 0.233 e. The number of piperidine rings is 1. The molecule has 72 valence electrons. The Labute approximate surface area is 83.1 Å². The van der Waals surface area contributed by atoms with E-state index >= 15 is 0 Å². The van der Waals surface area contributed by atoms with Crippen molar-refractivity contribution in [1.29, 1.82) is 5.26 Å². The first-order valence-corrected chi connectivity index (χ1v) is 5.54. The van der Waals surface area contributed by atoms with Crippen molar-refractivity contribution in [2.45, 2.75) is 32.2 Å². The van der Waals surface area contributed by atoms with Crippen LogP contribution in [0.5, 0.6) is 0 Å². The fraction of sp³-hybridized carbons (Fsp3) is 0.778. The third kappa shape index (κ3) is 2.92. The van der Waals surface area contributed by atoms with Crippen molar-refractivity contribution >= 4 is 17.7 Å². The Bertz CT molecular complexity index is 224. The summed E-state index contributed by atoms with van der Waals surface area (Å²) in [5.41, 5.74) is 0. The summed E-state index contributed by atoms with van der Waals surface area (Å²) < 4.78 is 0. The largest absolute Gasteiger partial charge is 0.339 e. The van der Waals surface area contributed by atoms with E-state index in [1.165, 1.54) is 6.42 Å². The second-order valence-electron chi connectivity index (χ2n) is 3.31. The maximum Gasteiger partial charge on any atom is 0.233 e. The summed E-state index contributed by atoms with van der Waals surface area (Å²) in [6.07, 6.45) is 3.42. The van der Waals surface area contributed by atoms with Crippen molar-refractivity contribution in [3.63, 3.8) is 0 Å². The summed E-state index contributed by atoms with van der Waals surface area (Å²) in [6.45, 7) is 2.94. The van der Waals surface area contributed by atoms with Crippen LogP contribution in [0.15, 0.2) is 0 Å². The van der Waals surface area contributed by atoms with Gasteiger partial charge in [0.1, 0.15) is 5.40 Å². The van der Waals surface area contributed by atoms with Crippen LogP contribution in [-0.2, 0) is 4.79 Å². The maximum atomic E-state index is 11.5. The van der Waals surface area contributed by atoms with Gasteiger partial charge in [-0.1, -0.05) is 0 Å². The Kier molecular flexibility index (Phi) is 4.10. The minimum absolute atomic E-state index is 0.110. The fourth-order valence-corrected chi connectivity index (χ4v) is 2.00. The Morgan fingerprint density at radius 1 is 1.69 bits per heavy atom. The van der Waals surface area contributed by atoms with E-state index in [1.54, 1.807) is 0 Å². The molecule has 0 bridgehead atoms. The number of likely N-dealkylation sites (tertiary alicyclic amines) is 1. The Morgan fingerprint density at radius 2 is 2.46 bits per heavy atom. The Balaban J connectivity index is 2.40. The molecule has 0 aromatic heterocycles. The lowest BCUT2D eigenvalue weighted by Crippen LogP contribution is -2.42. The van der Waals surface area contributed by atoms with E-state index in [-0.39, 0.29) is 5.91 Å². The van der Waals surface area contributed by atoms with Crippen LogP contribution in [0.25, 0.3) is 0 Å². The quantitative estimate of drug-likeness (QED) is 0.633. The molecule has 1 aliphatic heterocycles. The minimum atomic E-state index is 0.110. The number of nitriles is 1. The number of rotatable bonds is 2. The van der Waals surface area contributed by atoms with Crippen molar-refractivity contribution in [1.82, 2.24) is 4.90 Å². The molecule has 3 nitrogen and oxygen atoms in total. The molecule has 13 heavy (non-hydrogen) atoms. The van der Waals surface area contributed by atoms with E-state index in [2.05, 4.69) is 6.92 Å². The lowest BCUT2D eigenvalue weighted by molar-refractivity contribution is -0.131. The van der Waals surface area contributed by atoms with Gasteiger partial charge in [0.2, 0.25) is 5.91 Å². The molecule has 0 radical (unpaired) electrons. The fourth-order valence-electron chi connectivity index (χ4n) is 1.65. The first-order chi connectivity index (χ1) is 6.25. The Morgan fingerprint density at radius 3 is 3.08 bits per heavy atom. The highest BCUT2D eigenvalue weighted by molar-refractivity contribution is 8.04. The minimum Gasteiger partial charge on any atom is -0.339 e. The van der Waals surface area contributed by atoms with Crippen LogP contribution in [0.1, 0.15) is 26.2 Å². The van der Waals surface area contributed by atoms with Gasteiger partial charge in [0.05, 0.1) is 5.75 Å². The highest BCUT2D eigenvalue weighted by atomic mass is 32.2. The molecule has 1 saturated heterocycles. The van der Waals surface area contributed by atoms with Crippen LogP contribution < -0.4 is 0 Å². The molecule has 1 rings (SSSR count). The molecular formula is C9H14N2OS. The molecule has 1 atom stereocenters. The molecule has 1 amide bonds. The van der Waals surface area contributed by atoms with Gasteiger partial charge in [-0.15, -0.1) is 0 Å². The lowest BCUT2D eigenvalue weighted by Gasteiger charge is -2.33. The zero-order valence-corrected chi connectivity index (χ0v) is 8.64. The van der Waals surface area contributed by atoms with E-state index in [9.17, 15) is 4.79 Å². The van der Waals surface area contributed by atoms with Gasteiger partial charge in [-0.3, -0.25) is 4.79 Å². The number of thioether (sulfide) groups is 1. The van der Waals surface area contributed by atoms with Crippen LogP contribution in [0.3, 0.4) is 0 Å². The molecule has 1 aliphatic rings.